The monoisotopic (exact) mass is 258 g/mol. The van der Waals surface area contributed by atoms with Gasteiger partial charge in [0.15, 0.2) is 0 Å². The number of nitrogens with one attached hydrogen (secondary N) is 1. The minimum Gasteiger partial charge on any atom is -0.317 e. The van der Waals surface area contributed by atoms with Crippen LogP contribution < -0.4 is 5.32 Å². The number of piperidine rings is 1. The third-order valence-electron chi connectivity index (χ3n) is 4.04. The van der Waals surface area contributed by atoms with Crippen LogP contribution in [-0.2, 0) is 0 Å². The minimum atomic E-state index is 0.776. The SMILES string of the molecule is CCC(CSC)N(C)CCCC1CCNCC1. The van der Waals surface area contributed by atoms with Crippen LogP contribution in [0.25, 0.3) is 0 Å². The van der Waals surface area contributed by atoms with E-state index in [4.69, 9.17) is 0 Å². The molecule has 0 spiro atoms. The number of hydrogen-bond donors (Lipinski definition) is 1. The van der Waals surface area contributed by atoms with Gasteiger partial charge in [-0.15, -0.1) is 0 Å². The molecule has 1 fully saturated rings. The second-order valence-electron chi connectivity index (χ2n) is 5.33. The van der Waals surface area contributed by atoms with Crippen LogP contribution >= 0.6 is 11.8 Å². The molecule has 1 saturated heterocycles. The quantitative estimate of drug-likeness (QED) is 0.721. The van der Waals surface area contributed by atoms with Crippen LogP contribution in [-0.4, -0.2) is 49.6 Å². The second-order valence-corrected chi connectivity index (χ2v) is 6.24. The van der Waals surface area contributed by atoms with Gasteiger partial charge in [0.2, 0.25) is 0 Å². The fourth-order valence-electron chi connectivity index (χ4n) is 2.73. The normalized spacial score (nSPS) is 19.8. The molecule has 0 aromatic carbocycles. The van der Waals surface area contributed by atoms with E-state index in [0.29, 0.717) is 0 Å². The van der Waals surface area contributed by atoms with Gasteiger partial charge in [-0.2, -0.15) is 11.8 Å². The van der Waals surface area contributed by atoms with Crippen molar-refractivity contribution in [1.29, 1.82) is 0 Å². The Labute approximate surface area is 112 Å². The fourth-order valence-corrected chi connectivity index (χ4v) is 3.61. The van der Waals surface area contributed by atoms with Crippen molar-refractivity contribution < 1.29 is 0 Å². The van der Waals surface area contributed by atoms with Crippen molar-refractivity contribution in [1.82, 2.24) is 10.2 Å². The lowest BCUT2D eigenvalue weighted by atomic mass is 9.93. The van der Waals surface area contributed by atoms with Gasteiger partial charge in [0.25, 0.3) is 0 Å². The smallest absolute Gasteiger partial charge is 0.0180 e. The standard InChI is InChI=1S/C14H30N2S/c1-4-14(12-17-3)16(2)11-5-6-13-7-9-15-10-8-13/h13-15H,4-12H2,1-3H3. The molecule has 0 radical (unpaired) electrons. The Morgan fingerprint density at radius 1 is 1.35 bits per heavy atom. The molecule has 1 aliphatic rings. The van der Waals surface area contributed by atoms with Crippen molar-refractivity contribution in [2.45, 2.75) is 45.1 Å². The molecule has 102 valence electrons. The Morgan fingerprint density at radius 2 is 2.06 bits per heavy atom. The summed E-state index contributed by atoms with van der Waals surface area (Å²) in [5, 5.41) is 3.44. The summed E-state index contributed by atoms with van der Waals surface area (Å²) in [6.45, 7) is 6.07. The molecule has 1 heterocycles. The Balaban J connectivity index is 2.11. The summed E-state index contributed by atoms with van der Waals surface area (Å²) < 4.78 is 0. The zero-order valence-corrected chi connectivity index (χ0v) is 12.7. The molecular weight excluding hydrogens is 228 g/mol. The van der Waals surface area contributed by atoms with E-state index in [9.17, 15) is 0 Å². The highest BCUT2D eigenvalue weighted by Gasteiger charge is 2.15. The number of thioether (sulfide) groups is 1. The molecule has 17 heavy (non-hydrogen) atoms. The first kappa shape index (κ1) is 15.3. The van der Waals surface area contributed by atoms with E-state index in [2.05, 4.69) is 30.4 Å². The highest BCUT2D eigenvalue weighted by atomic mass is 32.2. The average molecular weight is 258 g/mol. The average Bonchev–Trinajstić information content (AvgIpc) is 2.37. The zero-order chi connectivity index (χ0) is 12.5. The number of nitrogens with zero attached hydrogens (tertiary/aromatic N) is 1. The Kier molecular flexibility index (Phi) is 8.33. The third kappa shape index (κ3) is 6.12. The summed E-state index contributed by atoms with van der Waals surface area (Å²) in [7, 11) is 2.30. The summed E-state index contributed by atoms with van der Waals surface area (Å²) >= 11 is 1.97. The van der Waals surface area contributed by atoms with Gasteiger partial charge in [0.05, 0.1) is 0 Å². The Morgan fingerprint density at radius 3 is 2.65 bits per heavy atom. The molecule has 0 saturated carbocycles. The molecule has 1 N–H and O–H groups in total. The van der Waals surface area contributed by atoms with Crippen LogP contribution in [0.5, 0.6) is 0 Å². The van der Waals surface area contributed by atoms with E-state index in [0.717, 1.165) is 12.0 Å². The highest BCUT2D eigenvalue weighted by molar-refractivity contribution is 7.98. The van der Waals surface area contributed by atoms with Crippen molar-refractivity contribution in [3.8, 4) is 0 Å². The fraction of sp³-hybridized carbons (Fsp3) is 1.00. The predicted octanol–water partition coefficient (Wildman–Crippen LogP) is 2.84. The minimum absolute atomic E-state index is 0.776. The van der Waals surface area contributed by atoms with Gasteiger partial charge in [0, 0.05) is 11.8 Å². The molecule has 0 aromatic rings. The molecule has 0 aliphatic carbocycles. The van der Waals surface area contributed by atoms with Gasteiger partial charge >= 0.3 is 0 Å². The molecule has 0 aromatic heterocycles. The first-order valence-electron chi connectivity index (χ1n) is 7.17. The topological polar surface area (TPSA) is 15.3 Å². The maximum atomic E-state index is 3.44. The summed E-state index contributed by atoms with van der Waals surface area (Å²) in [5.41, 5.74) is 0. The summed E-state index contributed by atoms with van der Waals surface area (Å²) in [4.78, 5) is 2.57. The van der Waals surface area contributed by atoms with E-state index in [-0.39, 0.29) is 0 Å². The van der Waals surface area contributed by atoms with Crippen LogP contribution in [0.2, 0.25) is 0 Å². The lowest BCUT2D eigenvalue weighted by molar-refractivity contribution is 0.238. The van der Waals surface area contributed by atoms with E-state index in [1.165, 1.54) is 57.5 Å². The Hall–Kier alpha value is 0.270. The second kappa shape index (κ2) is 9.23. The van der Waals surface area contributed by atoms with Crippen LogP contribution in [0.1, 0.15) is 39.0 Å². The Bertz CT molecular complexity index is 181. The van der Waals surface area contributed by atoms with E-state index < -0.39 is 0 Å². The van der Waals surface area contributed by atoms with Gasteiger partial charge in [-0.1, -0.05) is 6.92 Å². The number of rotatable bonds is 8. The third-order valence-corrected chi connectivity index (χ3v) is 4.75. The van der Waals surface area contributed by atoms with Crippen molar-refractivity contribution in [2.24, 2.45) is 5.92 Å². The van der Waals surface area contributed by atoms with Crippen LogP contribution in [0, 0.1) is 5.92 Å². The lowest BCUT2D eigenvalue weighted by Gasteiger charge is -2.28. The molecule has 0 bridgehead atoms. The van der Waals surface area contributed by atoms with Crippen molar-refractivity contribution in [3.05, 3.63) is 0 Å². The van der Waals surface area contributed by atoms with Gasteiger partial charge in [-0.25, -0.2) is 0 Å². The summed E-state index contributed by atoms with van der Waals surface area (Å²) in [6.07, 6.45) is 9.10. The highest BCUT2D eigenvalue weighted by Crippen LogP contribution is 2.18. The van der Waals surface area contributed by atoms with Crippen LogP contribution in [0.4, 0.5) is 0 Å². The van der Waals surface area contributed by atoms with E-state index in [1.54, 1.807) is 0 Å². The predicted molar refractivity (Wildman–Crippen MR) is 79.9 cm³/mol. The molecule has 3 heteroatoms. The number of hydrogen-bond acceptors (Lipinski definition) is 3. The molecular formula is C14H30N2S. The van der Waals surface area contributed by atoms with Gasteiger partial charge < -0.3 is 10.2 Å². The van der Waals surface area contributed by atoms with Crippen molar-refractivity contribution in [3.63, 3.8) is 0 Å². The first-order valence-corrected chi connectivity index (χ1v) is 8.57. The van der Waals surface area contributed by atoms with Crippen molar-refractivity contribution >= 4 is 11.8 Å². The van der Waals surface area contributed by atoms with Gasteiger partial charge in [-0.05, 0) is 71.0 Å². The van der Waals surface area contributed by atoms with Gasteiger partial charge in [-0.3, -0.25) is 0 Å². The van der Waals surface area contributed by atoms with Gasteiger partial charge in [0.1, 0.15) is 0 Å². The van der Waals surface area contributed by atoms with Crippen LogP contribution in [0.3, 0.4) is 0 Å². The largest absolute Gasteiger partial charge is 0.317 e. The molecule has 1 atom stereocenters. The maximum Gasteiger partial charge on any atom is 0.0180 e. The zero-order valence-electron chi connectivity index (χ0n) is 11.9. The summed E-state index contributed by atoms with van der Waals surface area (Å²) in [5.74, 6) is 2.27. The molecule has 2 nitrogen and oxygen atoms in total. The maximum absolute atomic E-state index is 3.44. The van der Waals surface area contributed by atoms with Crippen LogP contribution in [0.15, 0.2) is 0 Å². The molecule has 0 amide bonds. The molecule has 1 rings (SSSR count). The first-order chi connectivity index (χ1) is 8.27. The van der Waals surface area contributed by atoms with E-state index in [1.807, 2.05) is 11.8 Å². The van der Waals surface area contributed by atoms with Crippen molar-refractivity contribution in [2.75, 3.05) is 38.7 Å². The molecule has 1 aliphatic heterocycles. The molecule has 1 unspecified atom stereocenters. The summed E-state index contributed by atoms with van der Waals surface area (Å²) in [6, 6.07) is 0.776. The lowest BCUT2D eigenvalue weighted by Crippen LogP contribution is -2.34. The van der Waals surface area contributed by atoms with E-state index >= 15 is 0 Å².